The van der Waals surface area contributed by atoms with Crippen molar-refractivity contribution in [3.63, 3.8) is 0 Å². The lowest BCUT2D eigenvalue weighted by atomic mass is 10.1. The van der Waals surface area contributed by atoms with E-state index in [1.165, 1.54) is 6.07 Å². The molecule has 0 spiro atoms. The number of halogens is 1. The molecule has 0 atom stereocenters. The molecule has 0 unspecified atom stereocenters. The van der Waals surface area contributed by atoms with Crippen molar-refractivity contribution in [3.05, 3.63) is 70.4 Å². The van der Waals surface area contributed by atoms with Crippen LogP contribution in [0.2, 0.25) is 5.02 Å². The second kappa shape index (κ2) is 8.09. The molecular weight excluding hydrogens is 370 g/mol. The number of esters is 1. The van der Waals surface area contributed by atoms with E-state index in [-0.39, 0.29) is 5.76 Å². The molecule has 2 heterocycles. The van der Waals surface area contributed by atoms with Gasteiger partial charge in [0.2, 0.25) is 5.76 Å². The van der Waals surface area contributed by atoms with Crippen LogP contribution in [0, 0.1) is 13.8 Å². The Morgan fingerprint density at radius 3 is 2.81 bits per heavy atom. The summed E-state index contributed by atoms with van der Waals surface area (Å²) in [7, 11) is 0. The molecule has 7 nitrogen and oxygen atoms in total. The molecule has 0 saturated heterocycles. The summed E-state index contributed by atoms with van der Waals surface area (Å²) in [4.78, 5) is 24.1. The summed E-state index contributed by atoms with van der Waals surface area (Å²) < 4.78 is 12.1. The van der Waals surface area contributed by atoms with Crippen LogP contribution in [-0.2, 0) is 16.1 Å². The Balaban J connectivity index is 1.55. The summed E-state index contributed by atoms with van der Waals surface area (Å²) >= 11 is 6.15. The molecule has 0 fully saturated rings. The Bertz CT molecular complexity index is 940. The van der Waals surface area contributed by atoms with Crippen LogP contribution in [0.15, 0.2) is 47.1 Å². The molecule has 140 valence electrons. The summed E-state index contributed by atoms with van der Waals surface area (Å²) in [5.41, 5.74) is 2.32. The number of benzene rings is 1. The van der Waals surface area contributed by atoms with E-state index in [0.717, 1.165) is 11.1 Å². The van der Waals surface area contributed by atoms with Crippen LogP contribution in [0.25, 0.3) is 0 Å². The predicted octanol–water partition coefficient (Wildman–Crippen LogP) is 3.59. The summed E-state index contributed by atoms with van der Waals surface area (Å²) in [6.07, 6.45) is 3.43. The summed E-state index contributed by atoms with van der Waals surface area (Å²) in [6.45, 7) is 3.70. The van der Waals surface area contributed by atoms with E-state index < -0.39 is 18.5 Å². The Labute approximate surface area is 160 Å². The van der Waals surface area contributed by atoms with Crippen molar-refractivity contribution in [3.8, 4) is 0 Å². The molecule has 1 amide bonds. The number of hydrogen-bond donors (Lipinski definition) is 1. The minimum absolute atomic E-state index is 0.0227. The van der Waals surface area contributed by atoms with Gasteiger partial charge in [0, 0.05) is 12.4 Å². The Kier molecular flexibility index (Phi) is 5.61. The van der Waals surface area contributed by atoms with Crippen molar-refractivity contribution >= 4 is 29.2 Å². The third-order valence-corrected chi connectivity index (χ3v) is 4.07. The SMILES string of the molecule is Cc1cc(C)c(NC(=O)COC(=O)c2ccc(Cn3cccn3)o2)c(Cl)c1. The highest BCUT2D eigenvalue weighted by Crippen LogP contribution is 2.27. The molecule has 0 saturated carbocycles. The predicted molar refractivity (Wildman–Crippen MR) is 99.9 cm³/mol. The fourth-order valence-electron chi connectivity index (χ4n) is 2.58. The van der Waals surface area contributed by atoms with E-state index in [1.807, 2.05) is 19.9 Å². The quantitative estimate of drug-likeness (QED) is 0.653. The maximum atomic E-state index is 12.1. The van der Waals surface area contributed by atoms with Crippen molar-refractivity contribution in [2.24, 2.45) is 0 Å². The number of ether oxygens (including phenoxy) is 1. The number of aryl methyl sites for hydroxylation is 2. The van der Waals surface area contributed by atoms with Crippen LogP contribution < -0.4 is 5.32 Å². The molecule has 0 radical (unpaired) electrons. The number of carbonyl (C=O) groups excluding carboxylic acids is 2. The first-order valence-corrected chi connectivity index (χ1v) is 8.60. The van der Waals surface area contributed by atoms with Crippen molar-refractivity contribution in [1.29, 1.82) is 0 Å². The van der Waals surface area contributed by atoms with Gasteiger partial charge in [-0.25, -0.2) is 4.79 Å². The molecule has 1 aromatic carbocycles. The maximum absolute atomic E-state index is 12.1. The molecule has 2 aromatic heterocycles. The number of amides is 1. The number of furan rings is 1. The van der Waals surface area contributed by atoms with Crippen molar-refractivity contribution in [2.75, 3.05) is 11.9 Å². The Hall–Kier alpha value is -3.06. The molecule has 0 aliphatic carbocycles. The Morgan fingerprint density at radius 1 is 1.30 bits per heavy atom. The van der Waals surface area contributed by atoms with Gasteiger partial charge in [-0.3, -0.25) is 9.48 Å². The number of hydrogen-bond acceptors (Lipinski definition) is 5. The summed E-state index contributed by atoms with van der Waals surface area (Å²) in [6, 6.07) is 8.60. The normalized spacial score (nSPS) is 10.6. The topological polar surface area (TPSA) is 86.4 Å². The zero-order valence-corrected chi connectivity index (χ0v) is 15.6. The van der Waals surface area contributed by atoms with Crippen molar-refractivity contribution in [2.45, 2.75) is 20.4 Å². The molecule has 3 aromatic rings. The first-order chi connectivity index (χ1) is 12.9. The van der Waals surface area contributed by atoms with Crippen molar-refractivity contribution < 1.29 is 18.7 Å². The minimum Gasteiger partial charge on any atom is -0.452 e. The van der Waals surface area contributed by atoms with Gasteiger partial charge >= 0.3 is 5.97 Å². The van der Waals surface area contributed by atoms with E-state index in [9.17, 15) is 9.59 Å². The highest BCUT2D eigenvalue weighted by atomic mass is 35.5. The molecule has 1 N–H and O–H groups in total. The van der Waals surface area contributed by atoms with Gasteiger partial charge in [0.05, 0.1) is 17.3 Å². The molecular formula is C19H18ClN3O4. The molecule has 0 aliphatic heterocycles. The van der Waals surface area contributed by atoms with E-state index >= 15 is 0 Å². The number of rotatable bonds is 6. The minimum atomic E-state index is -0.719. The number of aromatic nitrogens is 2. The fraction of sp³-hybridized carbons (Fsp3) is 0.211. The standard InChI is InChI=1S/C19H18ClN3O4/c1-12-8-13(2)18(15(20)9-12)22-17(24)11-26-19(25)16-5-4-14(27-16)10-23-7-3-6-21-23/h3-9H,10-11H2,1-2H3,(H,22,24). The van der Waals surface area contributed by atoms with Crippen LogP contribution >= 0.6 is 11.6 Å². The highest BCUT2D eigenvalue weighted by Gasteiger charge is 2.16. The highest BCUT2D eigenvalue weighted by molar-refractivity contribution is 6.34. The van der Waals surface area contributed by atoms with E-state index in [4.69, 9.17) is 20.8 Å². The average Bonchev–Trinajstić information content (AvgIpc) is 3.28. The molecule has 0 bridgehead atoms. The van der Waals surface area contributed by atoms with Crippen LogP contribution in [0.5, 0.6) is 0 Å². The monoisotopic (exact) mass is 387 g/mol. The lowest BCUT2D eigenvalue weighted by Gasteiger charge is -2.11. The van der Waals surface area contributed by atoms with Gasteiger partial charge in [-0.1, -0.05) is 17.7 Å². The van der Waals surface area contributed by atoms with Gasteiger partial charge in [-0.05, 0) is 49.2 Å². The summed E-state index contributed by atoms with van der Waals surface area (Å²) in [5.74, 6) is -0.629. The lowest BCUT2D eigenvalue weighted by Crippen LogP contribution is -2.21. The van der Waals surface area contributed by atoms with Crippen LogP contribution in [0.4, 0.5) is 5.69 Å². The van der Waals surface area contributed by atoms with E-state index in [0.29, 0.717) is 23.0 Å². The molecule has 27 heavy (non-hydrogen) atoms. The second-order valence-electron chi connectivity index (χ2n) is 6.03. The zero-order chi connectivity index (χ0) is 19.4. The van der Waals surface area contributed by atoms with Crippen LogP contribution in [0.1, 0.15) is 27.4 Å². The van der Waals surface area contributed by atoms with Gasteiger partial charge in [0.1, 0.15) is 5.76 Å². The Morgan fingerprint density at radius 2 is 2.11 bits per heavy atom. The first-order valence-electron chi connectivity index (χ1n) is 8.22. The number of nitrogens with zero attached hydrogens (tertiary/aromatic N) is 2. The summed E-state index contributed by atoms with van der Waals surface area (Å²) in [5, 5.41) is 7.15. The van der Waals surface area contributed by atoms with Gasteiger partial charge in [0.25, 0.3) is 5.91 Å². The van der Waals surface area contributed by atoms with Crippen molar-refractivity contribution in [1.82, 2.24) is 9.78 Å². The average molecular weight is 388 g/mol. The number of nitrogens with one attached hydrogen (secondary N) is 1. The lowest BCUT2D eigenvalue weighted by molar-refractivity contribution is -0.119. The van der Waals surface area contributed by atoms with E-state index in [2.05, 4.69) is 10.4 Å². The molecule has 0 aliphatic rings. The van der Waals surface area contributed by atoms with Crippen LogP contribution in [0.3, 0.4) is 0 Å². The number of carbonyl (C=O) groups is 2. The third kappa shape index (κ3) is 4.77. The van der Waals surface area contributed by atoms with E-state index in [1.54, 1.807) is 35.3 Å². The van der Waals surface area contributed by atoms with Crippen LogP contribution in [-0.4, -0.2) is 28.3 Å². The molecule has 8 heteroatoms. The third-order valence-electron chi connectivity index (χ3n) is 3.77. The van der Waals surface area contributed by atoms with Gasteiger partial charge < -0.3 is 14.5 Å². The fourth-order valence-corrected chi connectivity index (χ4v) is 2.95. The number of anilines is 1. The maximum Gasteiger partial charge on any atom is 0.374 e. The van der Waals surface area contributed by atoms with Gasteiger partial charge in [0.15, 0.2) is 6.61 Å². The van der Waals surface area contributed by atoms with Gasteiger partial charge in [-0.2, -0.15) is 5.10 Å². The van der Waals surface area contributed by atoms with Gasteiger partial charge in [-0.15, -0.1) is 0 Å². The first kappa shape index (κ1) is 18.7. The molecule has 3 rings (SSSR count). The second-order valence-corrected chi connectivity index (χ2v) is 6.44. The zero-order valence-electron chi connectivity index (χ0n) is 14.9. The smallest absolute Gasteiger partial charge is 0.374 e. The largest absolute Gasteiger partial charge is 0.452 e.